The van der Waals surface area contributed by atoms with Gasteiger partial charge in [-0.05, 0) is 26.0 Å². The van der Waals surface area contributed by atoms with E-state index in [0.29, 0.717) is 17.9 Å². The summed E-state index contributed by atoms with van der Waals surface area (Å²) in [5.74, 6) is 0.351. The van der Waals surface area contributed by atoms with E-state index in [1.165, 1.54) is 0 Å². The van der Waals surface area contributed by atoms with Gasteiger partial charge in [0.05, 0.1) is 11.2 Å². The van der Waals surface area contributed by atoms with Crippen molar-refractivity contribution in [3.8, 4) is 0 Å². The highest BCUT2D eigenvalue weighted by Gasteiger charge is 2.25. The third kappa shape index (κ3) is 2.44. The fraction of sp³-hybridized carbons (Fsp3) is 0.438. The number of nitrogens with zero attached hydrogens (tertiary/aromatic N) is 4. The predicted molar refractivity (Wildman–Crippen MR) is 87.5 cm³/mol. The minimum atomic E-state index is -0.0568. The van der Waals surface area contributed by atoms with Crippen LogP contribution in [0.15, 0.2) is 23.0 Å². The summed E-state index contributed by atoms with van der Waals surface area (Å²) in [5, 5.41) is 3.48. The number of aromatic nitrogens is 2. The van der Waals surface area contributed by atoms with Crippen molar-refractivity contribution in [2.24, 2.45) is 7.05 Å². The van der Waals surface area contributed by atoms with Crippen LogP contribution < -0.4 is 15.8 Å². The van der Waals surface area contributed by atoms with Crippen LogP contribution >= 0.6 is 0 Å². The van der Waals surface area contributed by atoms with E-state index in [0.717, 1.165) is 29.8 Å². The Balaban J connectivity index is 2.22. The van der Waals surface area contributed by atoms with Gasteiger partial charge in [0.2, 0.25) is 5.52 Å². The molecule has 0 aliphatic carbocycles. The predicted octanol–water partition coefficient (Wildman–Crippen LogP) is 1.67. The zero-order chi connectivity index (χ0) is 15.9. The number of pyridine rings is 2. The molecule has 114 valence electrons. The molecule has 0 bridgehead atoms. The van der Waals surface area contributed by atoms with Gasteiger partial charge in [-0.1, -0.05) is 6.57 Å². The summed E-state index contributed by atoms with van der Waals surface area (Å²) in [6.45, 7) is 13.1. The topological polar surface area (TPSA) is 54.5 Å². The summed E-state index contributed by atoms with van der Waals surface area (Å²) in [7, 11) is 1.73. The Morgan fingerprint density at radius 1 is 1.32 bits per heavy atom. The quantitative estimate of drug-likeness (QED) is 0.814. The highest BCUT2D eigenvalue weighted by atomic mass is 16.1. The molecule has 6 heteroatoms. The van der Waals surface area contributed by atoms with Gasteiger partial charge in [-0.25, -0.2) is 0 Å². The van der Waals surface area contributed by atoms with E-state index in [-0.39, 0.29) is 5.56 Å². The monoisotopic (exact) mass is 297 g/mol. The van der Waals surface area contributed by atoms with Gasteiger partial charge in [0.1, 0.15) is 0 Å². The highest BCUT2D eigenvalue weighted by Crippen LogP contribution is 2.27. The molecule has 0 spiro atoms. The molecule has 1 N–H and O–H groups in total. The summed E-state index contributed by atoms with van der Waals surface area (Å²) < 4.78 is 1.58. The maximum absolute atomic E-state index is 12.2. The van der Waals surface area contributed by atoms with Crippen LogP contribution in [0.1, 0.15) is 13.8 Å². The lowest BCUT2D eigenvalue weighted by molar-refractivity contribution is 0.407. The molecule has 1 fully saturated rings. The van der Waals surface area contributed by atoms with Gasteiger partial charge in [0.15, 0.2) is 0 Å². The van der Waals surface area contributed by atoms with Crippen molar-refractivity contribution < 1.29 is 0 Å². The smallest absolute Gasteiger partial charge is 0.270 e. The molecule has 3 heterocycles. The second-order valence-corrected chi connectivity index (χ2v) is 5.95. The maximum atomic E-state index is 12.2. The molecule has 2 atom stereocenters. The number of anilines is 1. The fourth-order valence-electron chi connectivity index (χ4n) is 3.13. The van der Waals surface area contributed by atoms with E-state index in [9.17, 15) is 4.79 Å². The van der Waals surface area contributed by atoms with Crippen molar-refractivity contribution in [1.29, 1.82) is 0 Å². The van der Waals surface area contributed by atoms with Crippen molar-refractivity contribution in [3.05, 3.63) is 40.0 Å². The summed E-state index contributed by atoms with van der Waals surface area (Å²) in [5.41, 5.74) is 2.24. The van der Waals surface area contributed by atoms with Crippen LogP contribution in [0.5, 0.6) is 0 Å². The molecule has 22 heavy (non-hydrogen) atoms. The Labute approximate surface area is 129 Å². The Morgan fingerprint density at radius 3 is 2.64 bits per heavy atom. The van der Waals surface area contributed by atoms with E-state index in [1.807, 2.05) is 0 Å². The van der Waals surface area contributed by atoms with Crippen molar-refractivity contribution in [2.75, 3.05) is 18.0 Å². The van der Waals surface area contributed by atoms with E-state index in [1.54, 1.807) is 29.8 Å². The molecule has 2 aromatic rings. The molecule has 1 saturated heterocycles. The Hall–Kier alpha value is -2.39. The van der Waals surface area contributed by atoms with Gasteiger partial charge in [0, 0.05) is 38.3 Å². The molecule has 6 nitrogen and oxygen atoms in total. The standard InChI is InChI=1S/C16H19N5O/c1-10-8-21(9-11(2)18-10)13-7-15(22)20(4)12-5-6-14(17-3)19-16(12)13/h5-7,10-11,18H,8-9H2,1-2,4H3. The first kappa shape index (κ1) is 14.5. The van der Waals surface area contributed by atoms with Crippen LogP contribution in [-0.2, 0) is 7.05 Å². The zero-order valence-corrected chi connectivity index (χ0v) is 13.0. The number of fused-ring (bicyclic) bond motifs is 1. The van der Waals surface area contributed by atoms with Gasteiger partial charge in [-0.2, -0.15) is 0 Å². The zero-order valence-electron chi connectivity index (χ0n) is 13.0. The van der Waals surface area contributed by atoms with E-state index >= 15 is 0 Å². The molecule has 0 aromatic carbocycles. The molecule has 3 rings (SSSR count). The van der Waals surface area contributed by atoms with Gasteiger partial charge >= 0.3 is 0 Å². The third-order valence-electron chi connectivity index (χ3n) is 4.07. The fourth-order valence-corrected chi connectivity index (χ4v) is 3.13. The molecule has 0 radical (unpaired) electrons. The van der Waals surface area contributed by atoms with Gasteiger partial charge in [-0.15, -0.1) is 4.98 Å². The molecule has 0 saturated carbocycles. The summed E-state index contributed by atoms with van der Waals surface area (Å²) in [6.07, 6.45) is 0. The minimum Gasteiger partial charge on any atom is -0.365 e. The molecule has 1 aliphatic rings. The van der Waals surface area contributed by atoms with Crippen LogP contribution in [-0.4, -0.2) is 34.7 Å². The lowest BCUT2D eigenvalue weighted by Gasteiger charge is -2.37. The van der Waals surface area contributed by atoms with Crippen LogP contribution in [0.2, 0.25) is 0 Å². The summed E-state index contributed by atoms with van der Waals surface area (Å²) in [6, 6.07) is 5.77. The summed E-state index contributed by atoms with van der Waals surface area (Å²) >= 11 is 0. The van der Waals surface area contributed by atoms with Crippen molar-refractivity contribution >= 4 is 22.5 Å². The molecule has 2 unspecified atom stereocenters. The van der Waals surface area contributed by atoms with Gasteiger partial charge < -0.3 is 19.6 Å². The molecule has 1 aliphatic heterocycles. The molecular weight excluding hydrogens is 278 g/mol. The van der Waals surface area contributed by atoms with Gasteiger partial charge in [0.25, 0.3) is 11.4 Å². The van der Waals surface area contributed by atoms with E-state index in [4.69, 9.17) is 6.57 Å². The van der Waals surface area contributed by atoms with E-state index in [2.05, 4.69) is 33.9 Å². The number of rotatable bonds is 1. The average Bonchev–Trinajstić information content (AvgIpc) is 2.49. The Kier molecular flexibility index (Phi) is 3.59. The Bertz CT molecular complexity index is 810. The van der Waals surface area contributed by atoms with Crippen LogP contribution in [0.3, 0.4) is 0 Å². The first-order chi connectivity index (χ1) is 10.5. The Morgan fingerprint density at radius 2 is 2.00 bits per heavy atom. The normalized spacial score (nSPS) is 21.8. The molecule has 2 aromatic heterocycles. The van der Waals surface area contributed by atoms with Crippen molar-refractivity contribution in [1.82, 2.24) is 14.9 Å². The molecule has 0 amide bonds. The largest absolute Gasteiger partial charge is 0.365 e. The second kappa shape index (κ2) is 5.43. The van der Waals surface area contributed by atoms with Crippen LogP contribution in [0, 0.1) is 6.57 Å². The van der Waals surface area contributed by atoms with Crippen LogP contribution in [0.4, 0.5) is 11.5 Å². The first-order valence-corrected chi connectivity index (χ1v) is 7.39. The number of nitrogens with one attached hydrogen (secondary N) is 1. The highest BCUT2D eigenvalue weighted by molar-refractivity contribution is 5.89. The van der Waals surface area contributed by atoms with Crippen LogP contribution in [0.25, 0.3) is 15.9 Å². The maximum Gasteiger partial charge on any atom is 0.270 e. The van der Waals surface area contributed by atoms with E-state index < -0.39 is 0 Å². The number of aryl methyl sites for hydroxylation is 1. The third-order valence-corrected chi connectivity index (χ3v) is 4.07. The number of hydrogen-bond acceptors (Lipinski definition) is 4. The first-order valence-electron chi connectivity index (χ1n) is 7.39. The SMILES string of the molecule is [C-]#[N+]c1ccc2c(n1)c(N1CC(C)NC(C)C1)cc(=O)n2C. The molecular formula is C16H19N5O. The van der Waals surface area contributed by atoms with Crippen molar-refractivity contribution in [3.63, 3.8) is 0 Å². The number of piperazine rings is 1. The second-order valence-electron chi connectivity index (χ2n) is 5.95. The van der Waals surface area contributed by atoms with Gasteiger partial charge in [-0.3, -0.25) is 4.79 Å². The average molecular weight is 297 g/mol. The lowest BCUT2D eigenvalue weighted by atomic mass is 10.1. The van der Waals surface area contributed by atoms with Crippen molar-refractivity contribution in [2.45, 2.75) is 25.9 Å². The number of hydrogen-bond donors (Lipinski definition) is 1. The summed E-state index contributed by atoms with van der Waals surface area (Å²) in [4.78, 5) is 22.3. The minimum absolute atomic E-state index is 0.0568. The lowest BCUT2D eigenvalue weighted by Crippen LogP contribution is -2.54.